The van der Waals surface area contributed by atoms with Crippen LogP contribution in [0.4, 0.5) is 0 Å². The first-order chi connectivity index (χ1) is 8.67. The SMILES string of the molecule is CCC(N)C(c1ccc(Cl)s1)N(CCO)C1CC1. The number of nitrogens with two attached hydrogens (primary N) is 1. The average Bonchev–Trinajstić information content (AvgIpc) is 3.12. The molecule has 0 radical (unpaired) electrons. The Labute approximate surface area is 118 Å². The molecule has 0 amide bonds. The lowest BCUT2D eigenvalue weighted by atomic mass is 10.0. The third-order valence-corrected chi connectivity index (χ3v) is 4.80. The van der Waals surface area contributed by atoms with E-state index in [-0.39, 0.29) is 18.7 Å². The second kappa shape index (κ2) is 6.35. The standard InChI is InChI=1S/C13H21ClN2OS/c1-2-10(15)13(11-5-6-12(14)18-11)16(7-8-17)9-3-4-9/h5-6,9-10,13,17H,2-4,7-8,15H2,1H3. The minimum Gasteiger partial charge on any atom is -0.395 e. The molecule has 0 spiro atoms. The minimum absolute atomic E-state index is 0.0897. The highest BCUT2D eigenvalue weighted by atomic mass is 35.5. The lowest BCUT2D eigenvalue weighted by molar-refractivity contribution is 0.126. The third-order valence-electron chi connectivity index (χ3n) is 3.49. The Balaban J connectivity index is 2.22. The lowest BCUT2D eigenvalue weighted by Crippen LogP contribution is -2.43. The number of thiophene rings is 1. The van der Waals surface area contributed by atoms with Gasteiger partial charge in [-0.1, -0.05) is 18.5 Å². The van der Waals surface area contributed by atoms with E-state index in [2.05, 4.69) is 17.9 Å². The maximum atomic E-state index is 9.26. The van der Waals surface area contributed by atoms with Crippen molar-refractivity contribution in [1.29, 1.82) is 0 Å². The maximum absolute atomic E-state index is 9.26. The second-order valence-electron chi connectivity index (χ2n) is 4.85. The van der Waals surface area contributed by atoms with E-state index in [1.54, 1.807) is 11.3 Å². The molecule has 1 heterocycles. The molecular weight excluding hydrogens is 268 g/mol. The number of aliphatic hydroxyl groups excluding tert-OH is 1. The summed E-state index contributed by atoms with van der Waals surface area (Å²) in [6.07, 6.45) is 3.35. The van der Waals surface area contributed by atoms with E-state index in [0.29, 0.717) is 12.6 Å². The molecule has 1 saturated carbocycles. The van der Waals surface area contributed by atoms with Crippen LogP contribution < -0.4 is 5.73 Å². The van der Waals surface area contributed by atoms with E-state index in [4.69, 9.17) is 17.3 Å². The van der Waals surface area contributed by atoms with Gasteiger partial charge >= 0.3 is 0 Å². The summed E-state index contributed by atoms with van der Waals surface area (Å²) >= 11 is 7.64. The molecule has 2 atom stereocenters. The van der Waals surface area contributed by atoms with E-state index in [1.165, 1.54) is 17.7 Å². The predicted octanol–water partition coefficient (Wildman–Crippen LogP) is 2.64. The molecule has 0 aliphatic heterocycles. The molecule has 0 bridgehead atoms. The Morgan fingerprint density at radius 3 is 2.72 bits per heavy atom. The van der Waals surface area contributed by atoms with Crippen molar-refractivity contribution in [3.63, 3.8) is 0 Å². The van der Waals surface area contributed by atoms with Crippen molar-refractivity contribution >= 4 is 22.9 Å². The molecule has 3 nitrogen and oxygen atoms in total. The van der Waals surface area contributed by atoms with Crippen LogP contribution >= 0.6 is 22.9 Å². The first-order valence-corrected chi connectivity index (χ1v) is 7.74. The number of nitrogens with zero attached hydrogens (tertiary/aromatic N) is 1. The number of aliphatic hydroxyl groups is 1. The molecule has 1 fully saturated rings. The van der Waals surface area contributed by atoms with Gasteiger partial charge in [-0.15, -0.1) is 11.3 Å². The van der Waals surface area contributed by atoms with Crippen LogP contribution in [0.1, 0.15) is 37.1 Å². The molecule has 1 aromatic rings. The number of halogens is 1. The number of hydrogen-bond acceptors (Lipinski definition) is 4. The first kappa shape index (κ1) is 14.3. The molecule has 1 aromatic heterocycles. The van der Waals surface area contributed by atoms with Gasteiger partial charge in [-0.3, -0.25) is 4.90 Å². The molecule has 2 unspecified atom stereocenters. The molecule has 102 valence electrons. The molecular formula is C13H21ClN2OS. The summed E-state index contributed by atoms with van der Waals surface area (Å²) in [6, 6.07) is 4.86. The number of rotatable bonds is 7. The highest BCUT2D eigenvalue weighted by Crippen LogP contribution is 2.39. The van der Waals surface area contributed by atoms with Gasteiger partial charge in [0.05, 0.1) is 17.0 Å². The van der Waals surface area contributed by atoms with Crippen molar-refractivity contribution in [3.8, 4) is 0 Å². The van der Waals surface area contributed by atoms with Crippen molar-refractivity contribution in [1.82, 2.24) is 4.90 Å². The summed E-state index contributed by atoms with van der Waals surface area (Å²) in [7, 11) is 0. The van der Waals surface area contributed by atoms with Gasteiger partial charge in [0.15, 0.2) is 0 Å². The normalized spacial score (nSPS) is 19.2. The van der Waals surface area contributed by atoms with E-state index in [9.17, 15) is 5.11 Å². The van der Waals surface area contributed by atoms with Crippen LogP contribution in [0.5, 0.6) is 0 Å². The van der Waals surface area contributed by atoms with Crippen LogP contribution in [-0.2, 0) is 0 Å². The molecule has 2 rings (SSSR count). The summed E-state index contributed by atoms with van der Waals surface area (Å²) in [5.74, 6) is 0. The molecule has 0 saturated heterocycles. The lowest BCUT2D eigenvalue weighted by Gasteiger charge is -2.34. The van der Waals surface area contributed by atoms with Gasteiger partial charge in [0.1, 0.15) is 0 Å². The summed E-state index contributed by atoms with van der Waals surface area (Å²) in [6.45, 7) is 2.98. The van der Waals surface area contributed by atoms with Gasteiger partial charge in [0.2, 0.25) is 0 Å². The van der Waals surface area contributed by atoms with Gasteiger partial charge < -0.3 is 10.8 Å². The zero-order valence-corrected chi connectivity index (χ0v) is 12.3. The Bertz CT molecular complexity index is 381. The summed E-state index contributed by atoms with van der Waals surface area (Å²) in [5, 5.41) is 9.26. The van der Waals surface area contributed by atoms with Crippen molar-refractivity contribution < 1.29 is 5.11 Å². The van der Waals surface area contributed by atoms with Crippen molar-refractivity contribution in [2.24, 2.45) is 5.73 Å². The number of hydrogen-bond donors (Lipinski definition) is 2. The fourth-order valence-electron chi connectivity index (χ4n) is 2.40. The highest BCUT2D eigenvalue weighted by Gasteiger charge is 2.37. The average molecular weight is 289 g/mol. The van der Waals surface area contributed by atoms with Crippen LogP contribution in [0.15, 0.2) is 12.1 Å². The quantitative estimate of drug-likeness (QED) is 0.811. The molecule has 0 aromatic carbocycles. The van der Waals surface area contributed by atoms with Gasteiger partial charge in [-0.05, 0) is 31.4 Å². The van der Waals surface area contributed by atoms with Gasteiger partial charge in [0, 0.05) is 23.5 Å². The summed E-state index contributed by atoms with van der Waals surface area (Å²) < 4.78 is 0.804. The fourth-order valence-corrected chi connectivity index (χ4v) is 3.66. The molecule has 5 heteroatoms. The van der Waals surface area contributed by atoms with E-state index >= 15 is 0 Å². The van der Waals surface area contributed by atoms with Crippen molar-refractivity contribution in [3.05, 3.63) is 21.3 Å². The Hall–Kier alpha value is -0.130. The van der Waals surface area contributed by atoms with Crippen LogP contribution in [-0.4, -0.2) is 35.2 Å². The maximum Gasteiger partial charge on any atom is 0.0931 e. The van der Waals surface area contributed by atoms with Crippen LogP contribution in [0.25, 0.3) is 0 Å². The van der Waals surface area contributed by atoms with Gasteiger partial charge in [-0.2, -0.15) is 0 Å². The summed E-state index contributed by atoms with van der Waals surface area (Å²) in [5.41, 5.74) is 6.30. The monoisotopic (exact) mass is 288 g/mol. The van der Waals surface area contributed by atoms with Crippen LogP contribution in [0.3, 0.4) is 0 Å². The fraction of sp³-hybridized carbons (Fsp3) is 0.692. The van der Waals surface area contributed by atoms with E-state index in [0.717, 1.165) is 10.8 Å². The zero-order chi connectivity index (χ0) is 13.1. The largest absolute Gasteiger partial charge is 0.395 e. The third kappa shape index (κ3) is 3.25. The Morgan fingerprint density at radius 2 is 2.28 bits per heavy atom. The molecule has 3 N–H and O–H groups in total. The first-order valence-electron chi connectivity index (χ1n) is 6.54. The van der Waals surface area contributed by atoms with Crippen molar-refractivity contribution in [2.45, 2.75) is 44.3 Å². The summed E-state index contributed by atoms with van der Waals surface area (Å²) in [4.78, 5) is 3.57. The molecule has 1 aliphatic carbocycles. The van der Waals surface area contributed by atoms with E-state index < -0.39 is 0 Å². The van der Waals surface area contributed by atoms with Gasteiger partial charge in [-0.25, -0.2) is 0 Å². The van der Waals surface area contributed by atoms with Crippen molar-refractivity contribution in [2.75, 3.05) is 13.2 Å². The second-order valence-corrected chi connectivity index (χ2v) is 6.60. The highest BCUT2D eigenvalue weighted by molar-refractivity contribution is 7.16. The Morgan fingerprint density at radius 1 is 1.56 bits per heavy atom. The zero-order valence-electron chi connectivity index (χ0n) is 10.7. The van der Waals surface area contributed by atoms with E-state index in [1.807, 2.05) is 6.07 Å². The molecule has 1 aliphatic rings. The van der Waals surface area contributed by atoms with Crippen LogP contribution in [0.2, 0.25) is 4.34 Å². The van der Waals surface area contributed by atoms with Crippen LogP contribution in [0, 0.1) is 0 Å². The topological polar surface area (TPSA) is 49.5 Å². The predicted molar refractivity (Wildman–Crippen MR) is 77.2 cm³/mol. The minimum atomic E-state index is 0.0897. The Kier molecular flexibility index (Phi) is 5.04. The smallest absolute Gasteiger partial charge is 0.0931 e. The molecule has 18 heavy (non-hydrogen) atoms. The van der Waals surface area contributed by atoms with Gasteiger partial charge in [0.25, 0.3) is 0 Å².